The minimum absolute atomic E-state index is 0. The summed E-state index contributed by atoms with van der Waals surface area (Å²) in [5.74, 6) is -0.153. The number of carbonyl (C=O) groups excluding carboxylic acids is 2. The number of hydrogen-bond donors (Lipinski definition) is 2. The fourth-order valence-corrected chi connectivity index (χ4v) is 0.177. The van der Waals surface area contributed by atoms with Crippen LogP contribution in [0.1, 0.15) is 41.5 Å². The summed E-state index contributed by atoms with van der Waals surface area (Å²) in [5, 5.41) is 2.48. The Hall–Kier alpha value is -1.06. The molecule has 0 bridgehead atoms. The molecule has 0 fully saturated rings. The lowest BCUT2D eigenvalue weighted by Crippen LogP contribution is -2.15. The van der Waals surface area contributed by atoms with E-state index in [2.05, 4.69) is 11.1 Å². The van der Waals surface area contributed by atoms with E-state index < -0.39 is 0 Å². The van der Waals surface area contributed by atoms with Gasteiger partial charge in [-0.05, 0) is 0 Å². The van der Waals surface area contributed by atoms with E-state index in [1.165, 1.54) is 0 Å². The van der Waals surface area contributed by atoms with E-state index in [1.807, 2.05) is 6.92 Å². The Balaban J connectivity index is -0.0000000546. The average Bonchev–Trinajstić information content (AvgIpc) is 2.04. The molecule has 4 nitrogen and oxygen atoms in total. The van der Waals surface area contributed by atoms with Gasteiger partial charge in [0.1, 0.15) is 0 Å². The van der Waals surface area contributed by atoms with Crippen molar-refractivity contribution in [2.75, 3.05) is 7.05 Å². The van der Waals surface area contributed by atoms with Crippen LogP contribution >= 0.6 is 0 Å². The summed E-state index contributed by atoms with van der Waals surface area (Å²) in [6.07, 6.45) is 1.02. The van der Waals surface area contributed by atoms with Crippen molar-refractivity contribution in [1.29, 1.82) is 0 Å². The first-order chi connectivity index (χ1) is 5.08. The van der Waals surface area contributed by atoms with Crippen molar-refractivity contribution in [3.63, 3.8) is 0 Å². The zero-order valence-corrected chi connectivity index (χ0v) is 7.31. The van der Waals surface area contributed by atoms with E-state index in [0.29, 0.717) is 12.8 Å². The Morgan fingerprint density at radius 3 is 1.46 bits per heavy atom. The van der Waals surface area contributed by atoms with Gasteiger partial charge in [0.15, 0.2) is 0 Å². The number of amides is 2. The minimum atomic E-state index is -0.245. The van der Waals surface area contributed by atoms with Crippen molar-refractivity contribution in [3.8, 4) is 0 Å². The second-order valence-electron chi connectivity index (χ2n) is 1.85. The zero-order chi connectivity index (χ0) is 9.28. The van der Waals surface area contributed by atoms with Crippen LogP contribution in [0.2, 0.25) is 0 Å². The Morgan fingerprint density at radius 2 is 1.46 bits per heavy atom. The van der Waals surface area contributed by atoms with E-state index in [-0.39, 0.29) is 26.7 Å². The molecule has 2 amide bonds. The van der Waals surface area contributed by atoms with Gasteiger partial charge in [-0.25, -0.2) is 0 Å². The van der Waals surface area contributed by atoms with Crippen molar-refractivity contribution >= 4 is 11.8 Å². The summed E-state index contributed by atoms with van der Waals surface area (Å²) in [4.78, 5) is 19.7. The predicted octanol–water partition coefficient (Wildman–Crippen LogP) is 1.30. The minimum Gasteiger partial charge on any atom is -0.370 e. The highest BCUT2D eigenvalue weighted by atomic mass is 16.1. The topological polar surface area (TPSA) is 72.2 Å². The van der Waals surface area contributed by atoms with Crippen molar-refractivity contribution < 1.29 is 9.59 Å². The summed E-state index contributed by atoms with van der Waals surface area (Å²) >= 11 is 0. The molecule has 0 aliphatic carbocycles. The molecule has 0 radical (unpaired) electrons. The summed E-state index contributed by atoms with van der Waals surface area (Å²) in [5.41, 5.74) is 4.65. The summed E-state index contributed by atoms with van der Waals surface area (Å²) in [6, 6.07) is 0. The van der Waals surface area contributed by atoms with Gasteiger partial charge >= 0.3 is 0 Å². The molecule has 0 unspecified atom stereocenters. The largest absolute Gasteiger partial charge is 0.370 e. The number of rotatable bonds is 2. The van der Waals surface area contributed by atoms with Crippen LogP contribution in [0, 0.1) is 0 Å². The van der Waals surface area contributed by atoms with Crippen LogP contribution in [0.3, 0.4) is 0 Å². The molecule has 3 N–H and O–H groups in total. The number of nitrogens with one attached hydrogen (secondary N) is 1. The van der Waals surface area contributed by atoms with Crippen LogP contribution in [0.15, 0.2) is 0 Å². The first kappa shape index (κ1) is 22.7. The number of carbonyl (C=O) groups is 2. The normalized spacial score (nSPS) is 6.38. The van der Waals surface area contributed by atoms with Crippen LogP contribution < -0.4 is 11.1 Å². The molecule has 0 heterocycles. The maximum absolute atomic E-state index is 10.1. The molecule has 0 aromatic heterocycles. The zero-order valence-electron chi connectivity index (χ0n) is 7.31. The molecule has 0 saturated carbocycles. The third-order valence-electron chi connectivity index (χ3n) is 0.948. The lowest BCUT2D eigenvalue weighted by Gasteiger charge is -1.87. The van der Waals surface area contributed by atoms with E-state index in [9.17, 15) is 9.59 Å². The third kappa shape index (κ3) is 35.8. The molecule has 13 heavy (non-hydrogen) atoms. The second kappa shape index (κ2) is 17.1. The van der Waals surface area contributed by atoms with Gasteiger partial charge in [-0.15, -0.1) is 0 Å². The van der Waals surface area contributed by atoms with Crippen LogP contribution in [0.5, 0.6) is 0 Å². The molecular weight excluding hydrogens is 168 g/mol. The number of primary amides is 1. The Kier molecular flexibility index (Phi) is 29.9. The van der Waals surface area contributed by atoms with Crippen LogP contribution in [-0.2, 0) is 9.59 Å². The summed E-state index contributed by atoms with van der Waals surface area (Å²) in [7, 11) is 1.63. The van der Waals surface area contributed by atoms with E-state index >= 15 is 0 Å². The average molecular weight is 192 g/mol. The highest BCUT2D eigenvalue weighted by Gasteiger charge is 1.84. The van der Waals surface area contributed by atoms with Gasteiger partial charge in [0.2, 0.25) is 11.8 Å². The molecule has 0 rings (SSSR count). The van der Waals surface area contributed by atoms with Gasteiger partial charge in [-0.1, -0.05) is 28.7 Å². The summed E-state index contributed by atoms with van der Waals surface area (Å²) in [6.45, 7) is 3.54. The van der Waals surface area contributed by atoms with Gasteiger partial charge < -0.3 is 11.1 Å². The number of nitrogens with two attached hydrogens (primary N) is 1. The fraction of sp³-hybridized carbons (Fsp3) is 0.778. The lowest BCUT2D eigenvalue weighted by molar-refractivity contribution is -0.120. The first-order valence-electron chi connectivity index (χ1n) is 3.57. The molecule has 0 atom stereocenters. The van der Waals surface area contributed by atoms with Gasteiger partial charge in [-0.3, -0.25) is 9.59 Å². The van der Waals surface area contributed by atoms with E-state index in [0.717, 1.165) is 0 Å². The monoisotopic (exact) mass is 192 g/mol. The van der Waals surface area contributed by atoms with Gasteiger partial charge in [0, 0.05) is 19.9 Å². The second-order valence-corrected chi connectivity index (χ2v) is 1.85. The number of hydrogen-bond acceptors (Lipinski definition) is 2. The first-order valence-corrected chi connectivity index (χ1v) is 3.57. The predicted molar refractivity (Wildman–Crippen MR) is 57.3 cm³/mol. The van der Waals surface area contributed by atoms with E-state index in [1.54, 1.807) is 14.0 Å². The molecular formula is C9H24N2O2. The lowest BCUT2D eigenvalue weighted by atomic mass is 10.5. The molecule has 0 aliphatic rings. The van der Waals surface area contributed by atoms with Crippen molar-refractivity contribution in [2.45, 2.75) is 41.5 Å². The molecule has 0 aliphatic heterocycles. The van der Waals surface area contributed by atoms with Gasteiger partial charge in [0.25, 0.3) is 0 Å². The maximum atomic E-state index is 10.1. The fourth-order valence-electron chi connectivity index (χ4n) is 0.177. The Bertz CT molecular complexity index is 119. The maximum Gasteiger partial charge on any atom is 0.219 e. The van der Waals surface area contributed by atoms with Crippen LogP contribution in [0.4, 0.5) is 0 Å². The highest BCUT2D eigenvalue weighted by Crippen LogP contribution is 1.68. The molecule has 0 aromatic carbocycles. The molecule has 82 valence electrons. The Morgan fingerprint density at radius 1 is 1.15 bits per heavy atom. The van der Waals surface area contributed by atoms with E-state index in [4.69, 9.17) is 0 Å². The SMILES string of the molecule is C.C.CCC(=O)NC.CCC(N)=O. The van der Waals surface area contributed by atoms with Gasteiger partial charge in [-0.2, -0.15) is 0 Å². The smallest absolute Gasteiger partial charge is 0.219 e. The Labute approximate surface area is 81.9 Å². The molecule has 4 heteroatoms. The molecule has 0 spiro atoms. The standard InChI is InChI=1S/C4H9NO.C3H7NO.2CH4/c1-3-4(6)5-2;1-2-3(4)5;;/h3H2,1-2H3,(H,5,6);2H2,1H3,(H2,4,5);2*1H4. The van der Waals surface area contributed by atoms with Crippen molar-refractivity contribution in [2.24, 2.45) is 5.73 Å². The van der Waals surface area contributed by atoms with Gasteiger partial charge in [0.05, 0.1) is 0 Å². The highest BCUT2D eigenvalue weighted by molar-refractivity contribution is 5.75. The quantitative estimate of drug-likeness (QED) is 0.692. The summed E-state index contributed by atoms with van der Waals surface area (Å²) < 4.78 is 0. The molecule has 0 saturated heterocycles. The third-order valence-corrected chi connectivity index (χ3v) is 0.948. The van der Waals surface area contributed by atoms with Crippen molar-refractivity contribution in [3.05, 3.63) is 0 Å². The van der Waals surface area contributed by atoms with Crippen LogP contribution in [-0.4, -0.2) is 18.9 Å². The van der Waals surface area contributed by atoms with Crippen LogP contribution in [0.25, 0.3) is 0 Å². The van der Waals surface area contributed by atoms with Crippen molar-refractivity contribution in [1.82, 2.24) is 5.32 Å². The molecule has 0 aromatic rings.